The normalized spacial score (nSPS) is 13.3. The van der Waals surface area contributed by atoms with E-state index in [1.54, 1.807) is 7.11 Å². The third-order valence-electron chi connectivity index (χ3n) is 3.60. The zero-order valence-corrected chi connectivity index (χ0v) is 12.5. The molecule has 0 spiro atoms. The first-order chi connectivity index (χ1) is 10.7. The lowest BCUT2D eigenvalue weighted by Gasteiger charge is -2.19. The van der Waals surface area contributed by atoms with Gasteiger partial charge in [0.1, 0.15) is 23.9 Å². The molecule has 4 nitrogen and oxygen atoms in total. The van der Waals surface area contributed by atoms with Crippen molar-refractivity contribution < 1.29 is 9.47 Å². The van der Waals surface area contributed by atoms with Crippen LogP contribution in [0, 0.1) is 0 Å². The Morgan fingerprint density at radius 3 is 2.68 bits per heavy atom. The molecule has 1 aliphatic heterocycles. The van der Waals surface area contributed by atoms with E-state index in [2.05, 4.69) is 11.6 Å². The topological polar surface area (TPSA) is 56.8 Å². The standard InChI is InChI=1S/C18H18N2O2/c1-12-10-14-4-3-5-16(17(14)18(19)20-12)22-11-13-6-8-15(21-2)9-7-13/h3-9H,1,10-11H2,2H3,(H2,19,20). The summed E-state index contributed by atoms with van der Waals surface area (Å²) < 4.78 is 11.1. The molecule has 0 bridgehead atoms. The summed E-state index contributed by atoms with van der Waals surface area (Å²) in [5.74, 6) is 2.05. The fraction of sp³-hybridized carbons (Fsp3) is 0.167. The van der Waals surface area contributed by atoms with E-state index in [0.717, 1.165) is 33.9 Å². The van der Waals surface area contributed by atoms with Crippen LogP contribution in [0.2, 0.25) is 0 Å². The molecule has 2 aromatic carbocycles. The van der Waals surface area contributed by atoms with Crippen LogP contribution in [0.4, 0.5) is 0 Å². The zero-order valence-electron chi connectivity index (χ0n) is 12.5. The molecule has 2 N–H and O–H groups in total. The van der Waals surface area contributed by atoms with Crippen molar-refractivity contribution in [2.45, 2.75) is 13.0 Å². The molecule has 0 unspecified atom stereocenters. The molecule has 0 saturated carbocycles. The van der Waals surface area contributed by atoms with Crippen molar-refractivity contribution in [3.8, 4) is 11.5 Å². The highest BCUT2D eigenvalue weighted by atomic mass is 16.5. The van der Waals surface area contributed by atoms with E-state index in [4.69, 9.17) is 15.2 Å². The first kappa shape index (κ1) is 14.2. The predicted molar refractivity (Wildman–Crippen MR) is 87.3 cm³/mol. The zero-order chi connectivity index (χ0) is 15.5. The van der Waals surface area contributed by atoms with Crippen molar-refractivity contribution in [2.24, 2.45) is 10.7 Å². The molecule has 0 radical (unpaired) electrons. The molecule has 0 aromatic heterocycles. The van der Waals surface area contributed by atoms with Crippen molar-refractivity contribution in [3.05, 3.63) is 71.4 Å². The minimum absolute atomic E-state index is 0.467. The molecule has 0 amide bonds. The number of ether oxygens (including phenoxy) is 2. The number of fused-ring (bicyclic) bond motifs is 1. The molecule has 4 heteroatoms. The van der Waals surface area contributed by atoms with Gasteiger partial charge in [0.2, 0.25) is 0 Å². The Morgan fingerprint density at radius 2 is 1.95 bits per heavy atom. The van der Waals surface area contributed by atoms with Gasteiger partial charge in [-0.25, -0.2) is 4.99 Å². The first-order valence-electron chi connectivity index (χ1n) is 7.07. The van der Waals surface area contributed by atoms with Gasteiger partial charge < -0.3 is 15.2 Å². The lowest BCUT2D eigenvalue weighted by atomic mass is 9.99. The number of hydrogen-bond acceptors (Lipinski definition) is 4. The summed E-state index contributed by atoms with van der Waals surface area (Å²) in [5.41, 5.74) is 9.86. The smallest absolute Gasteiger partial charge is 0.134 e. The maximum Gasteiger partial charge on any atom is 0.134 e. The van der Waals surface area contributed by atoms with Gasteiger partial charge in [0, 0.05) is 12.1 Å². The van der Waals surface area contributed by atoms with Crippen LogP contribution in [-0.4, -0.2) is 12.9 Å². The van der Waals surface area contributed by atoms with E-state index in [9.17, 15) is 0 Å². The van der Waals surface area contributed by atoms with Crippen molar-refractivity contribution in [1.29, 1.82) is 0 Å². The van der Waals surface area contributed by atoms with E-state index in [0.29, 0.717) is 18.9 Å². The summed E-state index contributed by atoms with van der Waals surface area (Å²) >= 11 is 0. The lowest BCUT2D eigenvalue weighted by molar-refractivity contribution is 0.305. The SMILES string of the molecule is C=C1Cc2cccc(OCc3ccc(OC)cc3)c2C(N)=N1. The Balaban J connectivity index is 1.81. The minimum Gasteiger partial charge on any atom is -0.497 e. The molecule has 3 rings (SSSR count). The second-order valence-corrected chi connectivity index (χ2v) is 5.17. The number of amidine groups is 1. The maximum atomic E-state index is 6.04. The van der Waals surface area contributed by atoms with E-state index in [-0.39, 0.29) is 0 Å². The molecule has 0 aliphatic carbocycles. The third kappa shape index (κ3) is 2.81. The average Bonchev–Trinajstić information content (AvgIpc) is 2.52. The maximum absolute atomic E-state index is 6.04. The summed E-state index contributed by atoms with van der Waals surface area (Å²) in [6.07, 6.45) is 0.704. The molecule has 0 atom stereocenters. The Morgan fingerprint density at radius 1 is 1.18 bits per heavy atom. The second-order valence-electron chi connectivity index (χ2n) is 5.17. The van der Waals surface area contributed by atoms with Crippen LogP contribution in [0.5, 0.6) is 11.5 Å². The van der Waals surface area contributed by atoms with Crippen LogP contribution >= 0.6 is 0 Å². The Bertz CT molecular complexity index is 733. The molecule has 22 heavy (non-hydrogen) atoms. The van der Waals surface area contributed by atoms with Crippen LogP contribution in [-0.2, 0) is 13.0 Å². The highest BCUT2D eigenvalue weighted by molar-refractivity contribution is 6.03. The molecule has 1 heterocycles. The third-order valence-corrected chi connectivity index (χ3v) is 3.60. The van der Waals surface area contributed by atoms with Crippen LogP contribution < -0.4 is 15.2 Å². The molecule has 112 valence electrons. The first-order valence-corrected chi connectivity index (χ1v) is 7.07. The van der Waals surface area contributed by atoms with Gasteiger partial charge in [-0.2, -0.15) is 0 Å². The summed E-state index contributed by atoms with van der Waals surface area (Å²) in [6, 6.07) is 13.7. The van der Waals surface area contributed by atoms with Gasteiger partial charge in [-0.15, -0.1) is 0 Å². The van der Waals surface area contributed by atoms with E-state index in [1.807, 2.05) is 42.5 Å². The number of benzene rings is 2. The Labute approximate surface area is 129 Å². The fourth-order valence-electron chi connectivity index (χ4n) is 2.50. The average molecular weight is 294 g/mol. The number of nitrogens with zero attached hydrogens (tertiary/aromatic N) is 1. The molecular weight excluding hydrogens is 276 g/mol. The van der Waals surface area contributed by atoms with E-state index >= 15 is 0 Å². The van der Waals surface area contributed by atoms with Gasteiger partial charge in [-0.3, -0.25) is 0 Å². The largest absolute Gasteiger partial charge is 0.497 e. The van der Waals surface area contributed by atoms with Crippen molar-refractivity contribution in [1.82, 2.24) is 0 Å². The summed E-state index contributed by atoms with van der Waals surface area (Å²) in [5, 5.41) is 0. The molecule has 2 aromatic rings. The van der Waals surface area contributed by atoms with Gasteiger partial charge in [0.15, 0.2) is 0 Å². The summed E-state index contributed by atoms with van der Waals surface area (Å²) in [4.78, 5) is 4.27. The lowest BCUT2D eigenvalue weighted by Crippen LogP contribution is -2.21. The number of allylic oxidation sites excluding steroid dienone is 1. The quantitative estimate of drug-likeness (QED) is 0.943. The van der Waals surface area contributed by atoms with Crippen LogP contribution in [0.25, 0.3) is 0 Å². The Kier molecular flexibility index (Phi) is 3.83. The number of methoxy groups -OCH3 is 1. The van der Waals surface area contributed by atoms with Crippen molar-refractivity contribution in [2.75, 3.05) is 7.11 Å². The number of nitrogens with two attached hydrogens (primary N) is 1. The van der Waals surface area contributed by atoms with Gasteiger partial charge in [-0.1, -0.05) is 30.8 Å². The number of hydrogen-bond donors (Lipinski definition) is 1. The monoisotopic (exact) mass is 294 g/mol. The van der Waals surface area contributed by atoms with E-state index < -0.39 is 0 Å². The van der Waals surface area contributed by atoms with Gasteiger partial charge in [0.05, 0.1) is 12.7 Å². The van der Waals surface area contributed by atoms with Gasteiger partial charge in [-0.05, 0) is 29.3 Å². The van der Waals surface area contributed by atoms with Crippen LogP contribution in [0.1, 0.15) is 16.7 Å². The van der Waals surface area contributed by atoms with E-state index in [1.165, 1.54) is 0 Å². The minimum atomic E-state index is 0.467. The number of aliphatic imine (C=N–C) groups is 1. The second kappa shape index (κ2) is 5.93. The van der Waals surface area contributed by atoms with Crippen LogP contribution in [0.15, 0.2) is 59.7 Å². The Hall–Kier alpha value is -2.75. The van der Waals surface area contributed by atoms with Gasteiger partial charge >= 0.3 is 0 Å². The van der Waals surface area contributed by atoms with Crippen LogP contribution in [0.3, 0.4) is 0 Å². The molecular formula is C18H18N2O2. The van der Waals surface area contributed by atoms with Crippen molar-refractivity contribution >= 4 is 5.84 Å². The predicted octanol–water partition coefficient (Wildman–Crippen LogP) is 3.05. The summed E-state index contributed by atoms with van der Waals surface area (Å²) in [7, 11) is 1.65. The summed E-state index contributed by atoms with van der Waals surface area (Å²) in [6.45, 7) is 4.35. The van der Waals surface area contributed by atoms with Gasteiger partial charge in [0.25, 0.3) is 0 Å². The molecule has 0 saturated heterocycles. The highest BCUT2D eigenvalue weighted by Crippen LogP contribution is 2.28. The highest BCUT2D eigenvalue weighted by Gasteiger charge is 2.18. The fourth-order valence-corrected chi connectivity index (χ4v) is 2.50. The number of rotatable bonds is 4. The van der Waals surface area contributed by atoms with Crippen molar-refractivity contribution in [3.63, 3.8) is 0 Å². The molecule has 0 fully saturated rings. The molecule has 1 aliphatic rings.